The zero-order valence-electron chi connectivity index (χ0n) is 11.2. The highest BCUT2D eigenvalue weighted by Gasteiger charge is 2.25. The lowest BCUT2D eigenvalue weighted by Gasteiger charge is -2.24. The van der Waals surface area contributed by atoms with Gasteiger partial charge < -0.3 is 15.0 Å². The third-order valence-corrected chi connectivity index (χ3v) is 3.71. The lowest BCUT2D eigenvalue weighted by Crippen LogP contribution is -2.25. The Hall–Kier alpha value is -1.13. The number of ether oxygens (including phenoxy) is 1. The summed E-state index contributed by atoms with van der Waals surface area (Å²) in [6.07, 6.45) is 1.31. The van der Waals surface area contributed by atoms with E-state index >= 15 is 0 Å². The molecule has 0 bridgehead atoms. The van der Waals surface area contributed by atoms with Crippen molar-refractivity contribution in [1.82, 2.24) is 5.32 Å². The molecule has 0 aromatic heterocycles. The molecule has 1 fully saturated rings. The molecule has 1 heterocycles. The summed E-state index contributed by atoms with van der Waals surface area (Å²) in [6.45, 7) is 3.89. The molecule has 0 saturated carbocycles. The number of halogens is 1. The number of benzene rings is 1. The second kappa shape index (κ2) is 5.67. The van der Waals surface area contributed by atoms with Gasteiger partial charge in [-0.15, -0.1) is 0 Å². The van der Waals surface area contributed by atoms with Crippen molar-refractivity contribution in [2.45, 2.75) is 25.5 Å². The summed E-state index contributed by atoms with van der Waals surface area (Å²) in [7, 11) is 3.64. The van der Waals surface area contributed by atoms with Gasteiger partial charge in [0.05, 0.1) is 6.10 Å². The Morgan fingerprint density at radius 1 is 1.50 bits per heavy atom. The average molecular weight is 252 g/mol. The van der Waals surface area contributed by atoms with Crippen LogP contribution in [-0.2, 0) is 4.74 Å². The van der Waals surface area contributed by atoms with E-state index in [1.807, 2.05) is 20.0 Å². The summed E-state index contributed by atoms with van der Waals surface area (Å²) < 4.78 is 18.8. The Morgan fingerprint density at radius 3 is 2.89 bits per heavy atom. The van der Waals surface area contributed by atoms with Crippen molar-refractivity contribution in [2.75, 3.05) is 32.1 Å². The van der Waals surface area contributed by atoms with E-state index in [-0.39, 0.29) is 18.0 Å². The van der Waals surface area contributed by atoms with Crippen molar-refractivity contribution in [2.24, 2.45) is 0 Å². The van der Waals surface area contributed by atoms with E-state index in [0.29, 0.717) is 0 Å². The number of hydrogen-bond acceptors (Lipinski definition) is 3. The Kier molecular flexibility index (Phi) is 4.19. The van der Waals surface area contributed by atoms with Crippen LogP contribution in [0.1, 0.15) is 24.9 Å². The first-order valence-corrected chi connectivity index (χ1v) is 6.40. The molecule has 3 nitrogen and oxygen atoms in total. The Morgan fingerprint density at radius 2 is 2.28 bits per heavy atom. The highest BCUT2D eigenvalue weighted by molar-refractivity contribution is 5.56. The number of nitrogens with one attached hydrogen (secondary N) is 1. The molecular weight excluding hydrogens is 231 g/mol. The fraction of sp³-hybridized carbons (Fsp3) is 0.571. The van der Waals surface area contributed by atoms with E-state index in [1.165, 1.54) is 6.07 Å². The summed E-state index contributed by atoms with van der Waals surface area (Å²) in [5.41, 5.74) is 2.12. The van der Waals surface area contributed by atoms with E-state index in [9.17, 15) is 4.39 Å². The minimum Gasteiger partial charge on any atom is -0.380 e. The molecular formula is C14H21FN2O. The van der Waals surface area contributed by atoms with Crippen LogP contribution < -0.4 is 10.2 Å². The van der Waals surface area contributed by atoms with Crippen LogP contribution in [0.4, 0.5) is 10.1 Å². The molecule has 1 N–H and O–H groups in total. The van der Waals surface area contributed by atoms with Gasteiger partial charge >= 0.3 is 0 Å². The summed E-state index contributed by atoms with van der Waals surface area (Å²) in [6, 6.07) is 5.16. The molecule has 1 aliphatic heterocycles. The Bertz CT molecular complexity index is 411. The van der Waals surface area contributed by atoms with Crippen LogP contribution in [0.5, 0.6) is 0 Å². The maximum Gasteiger partial charge on any atom is 0.123 e. The standard InChI is InChI=1S/C14H21FN2O/c1-10(16-2)13-8-11(15)4-5-14(13)17-7-6-12(9-17)18-3/h4-5,8,10,12,16H,6-7,9H2,1-3H3. The first-order valence-electron chi connectivity index (χ1n) is 6.40. The summed E-state index contributed by atoms with van der Waals surface area (Å²) in [5, 5.41) is 3.17. The zero-order valence-corrected chi connectivity index (χ0v) is 11.2. The number of anilines is 1. The first kappa shape index (κ1) is 13.3. The van der Waals surface area contributed by atoms with Gasteiger partial charge in [0.1, 0.15) is 5.82 Å². The van der Waals surface area contributed by atoms with Gasteiger partial charge in [0.15, 0.2) is 0 Å². The van der Waals surface area contributed by atoms with Crippen LogP contribution in [0.2, 0.25) is 0 Å². The minimum absolute atomic E-state index is 0.136. The van der Waals surface area contributed by atoms with Gasteiger partial charge in [0.2, 0.25) is 0 Å². The van der Waals surface area contributed by atoms with Crippen molar-refractivity contribution in [3.05, 3.63) is 29.6 Å². The summed E-state index contributed by atoms with van der Waals surface area (Å²) in [5.74, 6) is -0.182. The molecule has 4 heteroatoms. The number of hydrogen-bond donors (Lipinski definition) is 1. The topological polar surface area (TPSA) is 24.5 Å². The maximum absolute atomic E-state index is 13.4. The van der Waals surface area contributed by atoms with Gasteiger partial charge in [0.25, 0.3) is 0 Å². The fourth-order valence-electron chi connectivity index (χ4n) is 2.46. The predicted molar refractivity (Wildman–Crippen MR) is 71.5 cm³/mol. The Balaban J connectivity index is 2.27. The maximum atomic E-state index is 13.4. The normalized spacial score (nSPS) is 21.3. The SMILES string of the molecule is CNC(C)c1cc(F)ccc1N1CCC(OC)C1. The van der Waals surface area contributed by atoms with Crippen LogP contribution in [-0.4, -0.2) is 33.4 Å². The first-order chi connectivity index (χ1) is 8.65. The predicted octanol–water partition coefficient (Wildman–Crippen LogP) is 2.33. The van der Waals surface area contributed by atoms with Crippen molar-refractivity contribution < 1.29 is 9.13 Å². The molecule has 2 atom stereocenters. The van der Waals surface area contributed by atoms with E-state index in [1.54, 1.807) is 13.2 Å². The van der Waals surface area contributed by atoms with E-state index < -0.39 is 0 Å². The van der Waals surface area contributed by atoms with Crippen molar-refractivity contribution in [3.8, 4) is 0 Å². The van der Waals surface area contributed by atoms with Crippen LogP contribution in [0, 0.1) is 5.82 Å². The smallest absolute Gasteiger partial charge is 0.123 e. The molecule has 1 saturated heterocycles. The largest absolute Gasteiger partial charge is 0.380 e. The monoisotopic (exact) mass is 252 g/mol. The lowest BCUT2D eigenvalue weighted by molar-refractivity contribution is 0.121. The molecule has 0 amide bonds. The molecule has 0 aliphatic carbocycles. The molecule has 0 radical (unpaired) electrons. The van der Waals surface area contributed by atoms with Crippen LogP contribution in [0.3, 0.4) is 0 Å². The lowest BCUT2D eigenvalue weighted by atomic mass is 10.1. The minimum atomic E-state index is -0.182. The molecule has 2 unspecified atom stereocenters. The second-order valence-corrected chi connectivity index (χ2v) is 4.81. The number of rotatable bonds is 4. The van der Waals surface area contributed by atoms with Crippen LogP contribution >= 0.6 is 0 Å². The highest BCUT2D eigenvalue weighted by atomic mass is 19.1. The van der Waals surface area contributed by atoms with Crippen molar-refractivity contribution >= 4 is 5.69 Å². The highest BCUT2D eigenvalue weighted by Crippen LogP contribution is 2.30. The van der Waals surface area contributed by atoms with Crippen molar-refractivity contribution in [3.63, 3.8) is 0 Å². The van der Waals surface area contributed by atoms with Gasteiger partial charge in [-0.2, -0.15) is 0 Å². The van der Waals surface area contributed by atoms with E-state index in [2.05, 4.69) is 10.2 Å². The summed E-state index contributed by atoms with van der Waals surface area (Å²) in [4.78, 5) is 2.27. The Labute approximate surface area is 108 Å². The third kappa shape index (κ3) is 2.65. The molecule has 2 rings (SSSR count). The molecule has 1 aliphatic rings. The van der Waals surface area contributed by atoms with Gasteiger partial charge in [-0.1, -0.05) is 0 Å². The van der Waals surface area contributed by atoms with Crippen LogP contribution in [0.25, 0.3) is 0 Å². The molecule has 1 aromatic rings. The third-order valence-electron chi connectivity index (χ3n) is 3.71. The van der Waals surface area contributed by atoms with Gasteiger partial charge in [0, 0.05) is 31.9 Å². The van der Waals surface area contributed by atoms with Gasteiger partial charge in [-0.25, -0.2) is 4.39 Å². The zero-order chi connectivity index (χ0) is 13.1. The van der Waals surface area contributed by atoms with E-state index in [4.69, 9.17) is 4.74 Å². The van der Waals surface area contributed by atoms with E-state index in [0.717, 1.165) is 30.8 Å². The average Bonchev–Trinajstić information content (AvgIpc) is 2.86. The number of methoxy groups -OCH3 is 1. The molecule has 18 heavy (non-hydrogen) atoms. The quantitative estimate of drug-likeness (QED) is 0.890. The second-order valence-electron chi connectivity index (χ2n) is 4.81. The van der Waals surface area contributed by atoms with Gasteiger partial charge in [-0.05, 0) is 44.2 Å². The molecule has 1 aromatic carbocycles. The van der Waals surface area contributed by atoms with Crippen molar-refractivity contribution in [1.29, 1.82) is 0 Å². The van der Waals surface area contributed by atoms with Gasteiger partial charge in [-0.3, -0.25) is 0 Å². The number of nitrogens with zero attached hydrogens (tertiary/aromatic N) is 1. The molecule has 100 valence electrons. The summed E-state index contributed by atoms with van der Waals surface area (Å²) >= 11 is 0. The fourth-order valence-corrected chi connectivity index (χ4v) is 2.46. The molecule has 0 spiro atoms. The van der Waals surface area contributed by atoms with Crippen LogP contribution in [0.15, 0.2) is 18.2 Å².